The van der Waals surface area contributed by atoms with E-state index in [1.807, 2.05) is 12.1 Å². The van der Waals surface area contributed by atoms with Crippen LogP contribution in [0.25, 0.3) is 10.4 Å². The van der Waals surface area contributed by atoms with Crippen molar-refractivity contribution >= 4 is 0 Å². The molecular weight excluding hydrogens is 989 g/mol. The molecule has 6 saturated carbocycles. The highest BCUT2D eigenvalue weighted by atomic mass is 16.7. The summed E-state index contributed by atoms with van der Waals surface area (Å²) in [6, 6.07) is 5.89. The topological polar surface area (TPSA) is 294 Å². The average Bonchev–Trinajstić information content (AvgIpc) is 4.15. The molecule has 10 aliphatic rings. The molecule has 18 nitrogen and oxygen atoms in total. The van der Waals surface area contributed by atoms with Gasteiger partial charge in [-0.25, -0.2) is 9.59 Å². The molecule has 6 unspecified atom stereocenters. The van der Waals surface area contributed by atoms with Crippen LogP contribution in [0.4, 0.5) is 0 Å². The minimum atomic E-state index is -1.30. The van der Waals surface area contributed by atoms with Gasteiger partial charge in [0.2, 0.25) is 0 Å². The van der Waals surface area contributed by atoms with Gasteiger partial charge in [-0.2, -0.15) is 0 Å². The summed E-state index contributed by atoms with van der Waals surface area (Å²) in [5, 5.41) is 70.0. The molecule has 8 N–H and O–H groups in total. The number of aliphatic hydroxyl groups excluding tert-OH is 4. The quantitative estimate of drug-likeness (QED) is 0.0620. The van der Waals surface area contributed by atoms with E-state index in [1.54, 1.807) is 12.5 Å². The predicted molar refractivity (Wildman–Crippen MR) is 280 cm³/mol. The Labute approximate surface area is 450 Å². The highest BCUT2D eigenvalue weighted by molar-refractivity contribution is 5.33. The standard InChI is InChI=1S/C30H43NO7.C29H39N3O7/c1-28-10-7-20(38-27-26(34)25(33)18(14-31)16-37-27)13-19(28)4-5-23-22(28)8-11-29(2)21(9-12-30(23,29)35)17-3-6-24(32)36-15-17;1-27-10-7-18(39-26-25(35)24(34)22(15-38-26)31-32-30)13-17(27)4-5-21-20(27)8-11-28(2)19(9-12-29(21,28)36)16-3-6-23(33)37-14-16/h3,6,13,15,18,20-23,25-27,33-35H,4-5,7-12,14,16,31H2,1-2H3;3,6,13-14,18-22,24-26,34-36H,4-5,7-12,15H2,1-2H3/t18-,20-,21+,22?,23?,25-,26-,27?,28-,29+,30-;18-,19+,20?,21?,22-,24-,25-,26?,27-,28+,29-/m00/s1. The summed E-state index contributed by atoms with van der Waals surface area (Å²) in [6.45, 7) is 9.73. The monoisotopic (exact) mass is 1070 g/mol. The van der Waals surface area contributed by atoms with Gasteiger partial charge in [0.05, 0.1) is 67.4 Å². The normalized spacial score (nSPS) is 47.9. The lowest BCUT2D eigenvalue weighted by atomic mass is 9.45. The lowest BCUT2D eigenvalue weighted by Gasteiger charge is -2.62. The average molecular weight is 1070 g/mol. The van der Waals surface area contributed by atoms with E-state index < -0.39 is 54.2 Å². The molecular formula is C59H82N4O14. The second-order valence-electron chi connectivity index (χ2n) is 26.0. The maximum atomic E-state index is 12.4. The molecule has 0 spiro atoms. The van der Waals surface area contributed by atoms with E-state index in [1.165, 1.54) is 23.3 Å². The molecule has 12 rings (SSSR count). The number of allylic oxidation sites excluding steroid dienone is 2. The first-order valence-corrected chi connectivity index (χ1v) is 28.8. The number of nitrogens with two attached hydrogens (primary N) is 1. The van der Waals surface area contributed by atoms with Crippen LogP contribution in [0.3, 0.4) is 0 Å². The Kier molecular flexibility index (Phi) is 14.8. The summed E-state index contributed by atoms with van der Waals surface area (Å²) in [4.78, 5) is 25.8. The minimum Gasteiger partial charge on any atom is -0.431 e. The van der Waals surface area contributed by atoms with Gasteiger partial charge in [-0.05, 0) is 184 Å². The van der Waals surface area contributed by atoms with Gasteiger partial charge in [0, 0.05) is 33.8 Å². The van der Waals surface area contributed by atoms with Crippen LogP contribution in [0, 0.1) is 51.2 Å². The van der Waals surface area contributed by atoms with Crippen molar-refractivity contribution < 1.29 is 58.4 Å². The molecule has 22 atom stereocenters. The molecule has 0 radical (unpaired) electrons. The molecule has 8 fully saturated rings. The number of hydrogen-bond donors (Lipinski definition) is 7. The smallest absolute Gasteiger partial charge is 0.335 e. The summed E-state index contributed by atoms with van der Waals surface area (Å²) in [6.07, 6.45) is 15.1. The molecule has 18 heteroatoms. The fraction of sp³-hybridized carbons (Fsp3) is 0.763. The van der Waals surface area contributed by atoms with Crippen molar-refractivity contribution in [3.05, 3.63) is 103 Å². The number of nitrogens with zero attached hydrogens (tertiary/aromatic N) is 3. The SMILES string of the molecule is C[C@]12CC[C@H](OC3OC[C@H](CN)[C@H](O)[C@@H]3O)C=C1CCC1C2CC[C@]2(C)[C@@H](c3ccc(=O)oc3)CC[C@]12O.C[C@]12CC[C@H](OC3OC[C@H](N=[N+]=[N-])[C@H](O)[C@@H]3O)C=C1CCC1C2CC[C@]2(C)[C@@H](c3ccc(=O)oc3)CC[C@]12O. The van der Waals surface area contributed by atoms with Gasteiger partial charge in [-0.1, -0.05) is 56.1 Å². The van der Waals surface area contributed by atoms with Crippen molar-refractivity contribution in [1.82, 2.24) is 0 Å². The molecule has 77 heavy (non-hydrogen) atoms. The zero-order valence-corrected chi connectivity index (χ0v) is 45.2. The van der Waals surface area contributed by atoms with Crippen molar-refractivity contribution in [2.75, 3.05) is 19.8 Å². The van der Waals surface area contributed by atoms with Crippen LogP contribution in [0.5, 0.6) is 0 Å². The molecule has 8 aliphatic carbocycles. The fourth-order valence-corrected chi connectivity index (χ4v) is 18.3. The van der Waals surface area contributed by atoms with Crippen LogP contribution in [-0.2, 0) is 18.9 Å². The molecule has 2 aliphatic heterocycles. The second kappa shape index (κ2) is 20.7. The largest absolute Gasteiger partial charge is 0.431 e. The van der Waals surface area contributed by atoms with Gasteiger partial charge < -0.3 is 64.2 Å². The Morgan fingerprint density at radius 2 is 1.08 bits per heavy atom. The molecule has 0 bridgehead atoms. The van der Waals surface area contributed by atoms with Gasteiger partial charge in [0.15, 0.2) is 12.6 Å². The summed E-state index contributed by atoms with van der Waals surface area (Å²) in [5.41, 5.74) is 16.4. The number of aliphatic hydroxyl groups is 6. The Balaban J connectivity index is 0.000000164. The fourth-order valence-electron chi connectivity index (χ4n) is 18.3. The van der Waals surface area contributed by atoms with E-state index in [0.717, 1.165) is 114 Å². The predicted octanol–water partition coefficient (Wildman–Crippen LogP) is 6.78. The molecule has 2 aromatic rings. The van der Waals surface area contributed by atoms with E-state index in [0.29, 0.717) is 11.8 Å². The molecule has 2 saturated heterocycles. The van der Waals surface area contributed by atoms with Crippen LogP contribution in [0.2, 0.25) is 0 Å². The number of azide groups is 1. The summed E-state index contributed by atoms with van der Waals surface area (Å²) in [7, 11) is 0. The van der Waals surface area contributed by atoms with E-state index in [2.05, 4.69) is 49.9 Å². The highest BCUT2D eigenvalue weighted by Crippen LogP contribution is 2.72. The molecule has 4 heterocycles. The summed E-state index contributed by atoms with van der Waals surface area (Å²) in [5.74, 6) is 1.26. The third-order valence-corrected chi connectivity index (χ3v) is 22.9. The lowest BCUT2D eigenvalue weighted by Crippen LogP contribution is -2.60. The summed E-state index contributed by atoms with van der Waals surface area (Å²) >= 11 is 0. The van der Waals surface area contributed by atoms with Crippen LogP contribution in [0.1, 0.15) is 153 Å². The van der Waals surface area contributed by atoms with E-state index in [-0.39, 0.29) is 94.5 Å². The van der Waals surface area contributed by atoms with E-state index >= 15 is 0 Å². The van der Waals surface area contributed by atoms with Gasteiger partial charge in [0.25, 0.3) is 0 Å². The van der Waals surface area contributed by atoms with Crippen molar-refractivity contribution in [2.45, 2.75) is 209 Å². The maximum absolute atomic E-state index is 12.4. The first-order valence-electron chi connectivity index (χ1n) is 28.8. The lowest BCUT2D eigenvalue weighted by molar-refractivity contribution is -0.269. The minimum absolute atomic E-state index is 0.00760. The van der Waals surface area contributed by atoms with Gasteiger partial charge >= 0.3 is 11.3 Å². The van der Waals surface area contributed by atoms with Crippen molar-refractivity contribution in [1.29, 1.82) is 0 Å². The van der Waals surface area contributed by atoms with Crippen LogP contribution in [0.15, 0.2) is 83.6 Å². The van der Waals surface area contributed by atoms with Crippen molar-refractivity contribution in [3.63, 3.8) is 0 Å². The Morgan fingerprint density at radius 3 is 1.52 bits per heavy atom. The molecule has 0 amide bonds. The Hall–Kier alpha value is -3.75. The third kappa shape index (κ3) is 8.98. The number of hydrogen-bond acceptors (Lipinski definition) is 16. The van der Waals surface area contributed by atoms with Crippen molar-refractivity contribution in [2.24, 2.45) is 62.1 Å². The number of rotatable bonds is 8. The van der Waals surface area contributed by atoms with E-state index in [9.17, 15) is 40.2 Å². The first kappa shape index (κ1) is 55.2. The molecule has 2 aromatic heterocycles. The Morgan fingerprint density at radius 1 is 0.610 bits per heavy atom. The van der Waals surface area contributed by atoms with Crippen LogP contribution in [-0.4, -0.2) is 117 Å². The Bertz CT molecular complexity index is 2710. The second-order valence-corrected chi connectivity index (χ2v) is 26.0. The number of fused-ring (bicyclic) bond motifs is 10. The van der Waals surface area contributed by atoms with Crippen LogP contribution >= 0.6 is 0 Å². The number of ether oxygens (including phenoxy) is 4. The summed E-state index contributed by atoms with van der Waals surface area (Å²) < 4.78 is 34.1. The van der Waals surface area contributed by atoms with Crippen LogP contribution < -0.4 is 17.0 Å². The van der Waals surface area contributed by atoms with E-state index in [4.69, 9.17) is 39.0 Å². The van der Waals surface area contributed by atoms with Gasteiger partial charge in [0.1, 0.15) is 12.2 Å². The maximum Gasteiger partial charge on any atom is 0.335 e. The molecule has 0 aromatic carbocycles. The first-order chi connectivity index (χ1) is 36.7. The van der Waals surface area contributed by atoms with Gasteiger partial charge in [-0.15, -0.1) is 0 Å². The molecule has 422 valence electrons. The zero-order chi connectivity index (χ0) is 54.5. The third-order valence-electron chi connectivity index (χ3n) is 22.9. The highest BCUT2D eigenvalue weighted by Gasteiger charge is 2.68. The zero-order valence-electron chi connectivity index (χ0n) is 45.2. The van der Waals surface area contributed by atoms with Crippen molar-refractivity contribution in [3.8, 4) is 0 Å². The van der Waals surface area contributed by atoms with Gasteiger partial charge in [-0.3, -0.25) is 0 Å².